The number of rotatable bonds is 14. The molecule has 2 aliphatic heterocycles. The number of amides is 2. The second kappa shape index (κ2) is 18.4. The largest absolute Gasteiger partial charge is 2.00 e. The molecule has 0 aromatic carbocycles. The Bertz CT molecular complexity index is 2160. The van der Waals surface area contributed by atoms with Gasteiger partial charge in [-0.25, -0.2) is 9.78 Å². The van der Waals surface area contributed by atoms with Crippen LogP contribution in [0.2, 0.25) is 0 Å². The van der Waals surface area contributed by atoms with E-state index in [1.54, 1.807) is 6.92 Å². The Kier molecular flexibility index (Phi) is 14.4. The summed E-state index contributed by atoms with van der Waals surface area (Å²) in [5.41, 5.74) is 9.77. The predicted molar refractivity (Wildman–Crippen MR) is 215 cm³/mol. The Hall–Kier alpha value is -4.55. The van der Waals surface area contributed by atoms with Crippen LogP contribution in [0, 0.1) is 13.8 Å². The third-order valence-corrected chi connectivity index (χ3v) is 10.6. The van der Waals surface area contributed by atoms with E-state index in [1.165, 1.54) is 0 Å². The average molecular weight is 798 g/mol. The van der Waals surface area contributed by atoms with E-state index in [2.05, 4.69) is 31.1 Å². The number of hydrogen-bond donors (Lipinski definition) is 3. The van der Waals surface area contributed by atoms with Crippen molar-refractivity contribution in [3.8, 4) is 0 Å². The second-order valence-electron chi connectivity index (χ2n) is 14.9. The summed E-state index contributed by atoms with van der Waals surface area (Å²) in [5, 5.41) is 16.7. The Morgan fingerprint density at radius 3 is 2.11 bits per heavy atom. The Labute approximate surface area is 334 Å². The zero-order chi connectivity index (χ0) is 39.4. The van der Waals surface area contributed by atoms with Crippen molar-refractivity contribution in [3.63, 3.8) is 0 Å². The number of hydrogen-bond acceptors (Lipinski definition) is 7. The van der Waals surface area contributed by atoms with E-state index in [4.69, 9.17) is 19.9 Å². The van der Waals surface area contributed by atoms with Gasteiger partial charge in [0.15, 0.2) is 0 Å². The molecule has 1 radical (unpaired) electrons. The van der Waals surface area contributed by atoms with E-state index in [0.29, 0.717) is 67.1 Å². The quantitative estimate of drug-likeness (QED) is 0.180. The molecule has 2 amide bonds. The minimum Gasteiger partial charge on any atom is -0.657 e. The van der Waals surface area contributed by atoms with E-state index in [9.17, 15) is 19.5 Å². The smallest absolute Gasteiger partial charge is 0.657 e. The van der Waals surface area contributed by atoms with Crippen LogP contribution in [-0.2, 0) is 33.1 Å². The normalized spacial score (nSPS) is 15.3. The summed E-state index contributed by atoms with van der Waals surface area (Å²) in [6.45, 7) is 16.3. The molecule has 0 saturated heterocycles. The standard InChI is InChI=1S/C42H56N8O4.Cu/c1-11-27-23(3)31-20-33-25(5)29(13-14-37(51)43-15-17-49(7)8)40(47-33)30(19-38(52)44-16-18-50(9)10)41-39(42(53)54)26(6)34(48-41)22-36-28(12-2)24(4)32(46-36)21-35(27)45-31;/h11,20-22,25,29H,1,12-19H2,2-10H3,(H5,43,44,45,46,47,48,51,52,53,54);/q;+2/p-2. The van der Waals surface area contributed by atoms with Crippen LogP contribution >= 0.6 is 0 Å². The molecule has 3 aromatic heterocycles. The van der Waals surface area contributed by atoms with Gasteiger partial charge in [0, 0.05) is 61.4 Å². The molecule has 0 saturated carbocycles. The number of aromatic nitrogens is 4. The number of nitrogens with zero attached hydrogens (tertiary/aromatic N) is 6. The summed E-state index contributed by atoms with van der Waals surface area (Å²) in [6.07, 6.45) is 3.04. The van der Waals surface area contributed by atoms with Gasteiger partial charge in [0.1, 0.15) is 0 Å². The third-order valence-electron chi connectivity index (χ3n) is 10.6. The summed E-state index contributed by atoms with van der Waals surface area (Å²) < 4.78 is 0. The molecule has 5 heterocycles. The number of aryl methyl sites for hydroxylation is 2. The van der Waals surface area contributed by atoms with E-state index >= 15 is 0 Å². The van der Waals surface area contributed by atoms with Crippen LogP contribution in [0.15, 0.2) is 24.8 Å². The Balaban J connectivity index is 0.00000673. The molecule has 12 nitrogen and oxygen atoms in total. The molecule has 55 heavy (non-hydrogen) atoms. The van der Waals surface area contributed by atoms with Crippen molar-refractivity contribution in [1.82, 2.24) is 40.4 Å². The second-order valence-corrected chi connectivity index (χ2v) is 14.9. The van der Waals surface area contributed by atoms with Crippen LogP contribution in [-0.4, -0.2) is 97.0 Å². The van der Waals surface area contributed by atoms with Crippen LogP contribution < -0.4 is 20.6 Å². The number of nitrogens with one attached hydrogen (secondary N) is 2. The molecule has 2 atom stereocenters. The number of allylic oxidation sites excluding steroid dienone is 2. The summed E-state index contributed by atoms with van der Waals surface area (Å²) in [4.78, 5) is 64.3. The predicted octanol–water partition coefficient (Wildman–Crippen LogP) is 5.43. The molecule has 3 aromatic rings. The van der Waals surface area contributed by atoms with Gasteiger partial charge in [-0.2, -0.15) is 0 Å². The van der Waals surface area contributed by atoms with Gasteiger partial charge in [-0.3, -0.25) is 14.6 Å². The number of carbonyl (C=O) groups is 3. The summed E-state index contributed by atoms with van der Waals surface area (Å²) in [6, 6.07) is 5.80. The number of aromatic carboxylic acids is 1. The van der Waals surface area contributed by atoms with Crippen molar-refractivity contribution in [2.75, 3.05) is 54.4 Å². The number of carbonyl (C=O) groups excluding carboxylic acids is 2. The first-order valence-electron chi connectivity index (χ1n) is 18.7. The SMILES string of the molecule is C=Cc1c(C)c2cc3nc(c(CC(=O)NCCN(C)C)c4[n-]c(cc5nc(cc1[n-]2)C(C)=C5CC)c(C)c4C(=O)O)C(CCC(=O)NCCN(C)C)C3C.[Cu+2]. The third kappa shape index (κ3) is 9.47. The maximum atomic E-state index is 13.7. The molecule has 0 aliphatic carbocycles. The molecular formula is C42H54CuN8O4. The zero-order valence-electron chi connectivity index (χ0n) is 33.5. The summed E-state index contributed by atoms with van der Waals surface area (Å²) in [7, 11) is 7.77. The molecule has 13 heteroatoms. The van der Waals surface area contributed by atoms with E-state index in [0.717, 1.165) is 44.7 Å². The zero-order valence-corrected chi connectivity index (χ0v) is 34.4. The fourth-order valence-electron chi connectivity index (χ4n) is 7.37. The van der Waals surface area contributed by atoms with Gasteiger partial charge in [0.2, 0.25) is 11.8 Å². The van der Waals surface area contributed by atoms with Gasteiger partial charge in [0.05, 0.1) is 17.8 Å². The first-order chi connectivity index (χ1) is 25.6. The van der Waals surface area contributed by atoms with Crippen LogP contribution in [0.1, 0.15) is 107 Å². The maximum Gasteiger partial charge on any atom is 2.00 e. The molecule has 0 fully saturated rings. The maximum absolute atomic E-state index is 13.7. The minimum atomic E-state index is -1.14. The van der Waals surface area contributed by atoms with Crippen molar-refractivity contribution in [2.24, 2.45) is 0 Å². The van der Waals surface area contributed by atoms with E-state index < -0.39 is 5.97 Å². The van der Waals surface area contributed by atoms with Crippen molar-refractivity contribution >= 4 is 57.1 Å². The van der Waals surface area contributed by atoms with Crippen LogP contribution in [0.3, 0.4) is 0 Å². The van der Waals surface area contributed by atoms with Crippen molar-refractivity contribution < 1.29 is 36.6 Å². The first kappa shape index (κ1) is 43.2. The minimum absolute atomic E-state index is 0. The van der Waals surface area contributed by atoms with Crippen molar-refractivity contribution in [2.45, 2.75) is 72.1 Å². The fraction of sp³-hybridized carbons (Fsp3) is 0.452. The molecule has 8 bridgehead atoms. The molecule has 297 valence electrons. The molecular weight excluding hydrogens is 744 g/mol. The molecule has 0 spiro atoms. The fourth-order valence-corrected chi connectivity index (χ4v) is 7.37. The van der Waals surface area contributed by atoms with Crippen molar-refractivity contribution in [3.05, 3.63) is 75.4 Å². The number of carboxylic acid groups (broad SMARTS) is 1. The van der Waals surface area contributed by atoms with Gasteiger partial charge < -0.3 is 35.5 Å². The van der Waals surface area contributed by atoms with E-state index in [1.807, 2.05) is 76.1 Å². The molecule has 5 rings (SSSR count). The van der Waals surface area contributed by atoms with Gasteiger partial charge in [0.25, 0.3) is 0 Å². The van der Waals surface area contributed by atoms with E-state index in [-0.39, 0.29) is 64.6 Å². The summed E-state index contributed by atoms with van der Waals surface area (Å²) >= 11 is 0. The monoisotopic (exact) mass is 797 g/mol. The first-order valence-corrected chi connectivity index (χ1v) is 18.7. The van der Waals surface area contributed by atoms with Gasteiger partial charge in [-0.15, -0.1) is 22.1 Å². The number of carboxylic acids is 1. The Morgan fingerprint density at radius 2 is 1.51 bits per heavy atom. The molecule has 2 aliphatic rings. The topological polar surface area (TPSA) is 156 Å². The van der Waals surface area contributed by atoms with Gasteiger partial charge in [-0.05, 0) is 84.1 Å². The van der Waals surface area contributed by atoms with Gasteiger partial charge >= 0.3 is 23.0 Å². The molecule has 2 unspecified atom stereocenters. The van der Waals surface area contributed by atoms with Crippen LogP contribution in [0.4, 0.5) is 0 Å². The van der Waals surface area contributed by atoms with Crippen molar-refractivity contribution in [1.29, 1.82) is 0 Å². The summed E-state index contributed by atoms with van der Waals surface area (Å²) in [5.74, 6) is -1.99. The van der Waals surface area contributed by atoms with Crippen LogP contribution in [0.25, 0.3) is 39.3 Å². The number of likely N-dealkylation sites (N-methyl/N-ethyl adjacent to an activating group) is 2. The number of fused-ring (bicyclic) bond motifs is 8. The molecule has 3 N–H and O–H groups in total. The average Bonchev–Trinajstić information content (AvgIpc) is 3.78. The van der Waals surface area contributed by atoms with Gasteiger partial charge in [-0.1, -0.05) is 55.8 Å². The Morgan fingerprint density at radius 1 is 0.891 bits per heavy atom. The van der Waals surface area contributed by atoms with Crippen LogP contribution in [0.5, 0.6) is 0 Å².